The zero-order valence-corrected chi connectivity index (χ0v) is 14.2. The number of benzene rings is 3. The van der Waals surface area contributed by atoms with Gasteiger partial charge in [0.05, 0.1) is 5.56 Å². The standard InChI is InChI=1S/C22H15F3O2/c1-2-17-11-12-19(14-21(17)27-22(23,24)25)18-9-6-10-20(13-18)26-15-16-7-4-3-5-8-16/h1,3-14H,15H2. The highest BCUT2D eigenvalue weighted by Gasteiger charge is 2.32. The second kappa shape index (κ2) is 7.88. The van der Waals surface area contributed by atoms with E-state index in [-0.39, 0.29) is 5.56 Å². The molecule has 0 saturated heterocycles. The molecule has 0 aromatic heterocycles. The van der Waals surface area contributed by atoms with E-state index in [4.69, 9.17) is 11.2 Å². The molecule has 0 fully saturated rings. The van der Waals surface area contributed by atoms with Crippen molar-refractivity contribution in [1.29, 1.82) is 0 Å². The predicted molar refractivity (Wildman–Crippen MR) is 97.3 cm³/mol. The molecule has 0 bridgehead atoms. The summed E-state index contributed by atoms with van der Waals surface area (Å²) in [7, 11) is 0. The Morgan fingerprint density at radius 1 is 0.852 bits per heavy atom. The van der Waals surface area contributed by atoms with Gasteiger partial charge in [-0.05, 0) is 41.0 Å². The highest BCUT2D eigenvalue weighted by Crippen LogP contribution is 2.32. The third-order valence-electron chi connectivity index (χ3n) is 3.78. The summed E-state index contributed by atoms with van der Waals surface area (Å²) in [6.07, 6.45) is 0.445. The van der Waals surface area contributed by atoms with Crippen LogP contribution in [0, 0.1) is 12.3 Å². The Balaban J connectivity index is 1.84. The lowest BCUT2D eigenvalue weighted by Gasteiger charge is -2.13. The van der Waals surface area contributed by atoms with Crippen LogP contribution < -0.4 is 9.47 Å². The molecular formula is C22H15F3O2. The third kappa shape index (κ3) is 5.05. The van der Waals surface area contributed by atoms with Crippen LogP contribution in [-0.2, 0) is 6.61 Å². The van der Waals surface area contributed by atoms with E-state index in [1.54, 1.807) is 30.3 Å². The van der Waals surface area contributed by atoms with Gasteiger partial charge in [0.2, 0.25) is 0 Å². The first-order valence-electron chi connectivity index (χ1n) is 8.08. The van der Waals surface area contributed by atoms with E-state index < -0.39 is 12.1 Å². The van der Waals surface area contributed by atoms with Crippen LogP contribution in [0.1, 0.15) is 11.1 Å². The van der Waals surface area contributed by atoms with Crippen LogP contribution in [0.4, 0.5) is 13.2 Å². The number of rotatable bonds is 5. The molecule has 0 aliphatic rings. The van der Waals surface area contributed by atoms with E-state index in [1.165, 1.54) is 12.1 Å². The molecule has 0 atom stereocenters. The quantitative estimate of drug-likeness (QED) is 0.529. The van der Waals surface area contributed by atoms with Crippen molar-refractivity contribution in [1.82, 2.24) is 0 Å². The minimum Gasteiger partial charge on any atom is -0.489 e. The van der Waals surface area contributed by atoms with Gasteiger partial charge in [-0.2, -0.15) is 0 Å². The van der Waals surface area contributed by atoms with Crippen molar-refractivity contribution in [3.63, 3.8) is 0 Å². The normalized spacial score (nSPS) is 10.9. The predicted octanol–water partition coefficient (Wildman–Crippen LogP) is 5.81. The first kappa shape index (κ1) is 18.4. The summed E-state index contributed by atoms with van der Waals surface area (Å²) < 4.78 is 47.6. The van der Waals surface area contributed by atoms with Crippen LogP contribution in [0.15, 0.2) is 72.8 Å². The molecule has 0 heterocycles. The first-order chi connectivity index (χ1) is 12.9. The maximum absolute atomic E-state index is 12.6. The van der Waals surface area contributed by atoms with E-state index in [2.05, 4.69) is 10.7 Å². The minimum atomic E-state index is -4.81. The van der Waals surface area contributed by atoms with Gasteiger partial charge in [0.1, 0.15) is 18.1 Å². The lowest BCUT2D eigenvalue weighted by Crippen LogP contribution is -2.17. The van der Waals surface area contributed by atoms with Gasteiger partial charge in [0.15, 0.2) is 0 Å². The Hall–Kier alpha value is -3.39. The van der Waals surface area contributed by atoms with Gasteiger partial charge in [-0.15, -0.1) is 19.6 Å². The van der Waals surface area contributed by atoms with Gasteiger partial charge in [-0.1, -0.05) is 54.5 Å². The highest BCUT2D eigenvalue weighted by molar-refractivity contribution is 5.68. The topological polar surface area (TPSA) is 18.5 Å². The Labute approximate surface area is 155 Å². The van der Waals surface area contributed by atoms with Crippen molar-refractivity contribution in [3.8, 4) is 35.0 Å². The van der Waals surface area contributed by atoms with Crippen LogP contribution >= 0.6 is 0 Å². The van der Waals surface area contributed by atoms with E-state index in [9.17, 15) is 13.2 Å². The highest BCUT2D eigenvalue weighted by atomic mass is 19.4. The number of hydrogen-bond donors (Lipinski definition) is 0. The number of terminal acetylenes is 1. The number of hydrogen-bond acceptors (Lipinski definition) is 2. The molecule has 0 spiro atoms. The van der Waals surface area contributed by atoms with Crippen LogP contribution in [0.3, 0.4) is 0 Å². The van der Waals surface area contributed by atoms with Crippen molar-refractivity contribution < 1.29 is 22.6 Å². The molecule has 0 unspecified atom stereocenters. The maximum atomic E-state index is 12.6. The fraction of sp³-hybridized carbons (Fsp3) is 0.0909. The molecule has 0 aliphatic heterocycles. The summed E-state index contributed by atoms with van der Waals surface area (Å²) in [5.74, 6) is 2.40. The van der Waals surface area contributed by atoms with E-state index in [1.807, 2.05) is 30.3 Å². The van der Waals surface area contributed by atoms with Gasteiger partial charge < -0.3 is 9.47 Å². The molecule has 2 nitrogen and oxygen atoms in total. The van der Waals surface area contributed by atoms with Gasteiger partial charge >= 0.3 is 6.36 Å². The Kier molecular flexibility index (Phi) is 5.37. The molecular weight excluding hydrogens is 353 g/mol. The van der Waals surface area contributed by atoms with Gasteiger partial charge in [0.25, 0.3) is 0 Å². The van der Waals surface area contributed by atoms with Crippen LogP contribution in [0.2, 0.25) is 0 Å². The zero-order valence-electron chi connectivity index (χ0n) is 14.2. The number of ether oxygens (including phenoxy) is 2. The summed E-state index contributed by atoms with van der Waals surface area (Å²) in [5, 5.41) is 0. The van der Waals surface area contributed by atoms with Crippen LogP contribution in [0.5, 0.6) is 11.5 Å². The van der Waals surface area contributed by atoms with Crippen LogP contribution in [-0.4, -0.2) is 6.36 Å². The fourth-order valence-corrected chi connectivity index (χ4v) is 2.54. The van der Waals surface area contributed by atoms with Crippen molar-refractivity contribution in [3.05, 3.63) is 83.9 Å². The van der Waals surface area contributed by atoms with Gasteiger partial charge in [-0.3, -0.25) is 0 Å². The summed E-state index contributed by atoms with van der Waals surface area (Å²) in [6, 6.07) is 21.1. The average molecular weight is 368 g/mol. The molecule has 3 aromatic carbocycles. The van der Waals surface area contributed by atoms with Crippen molar-refractivity contribution in [2.45, 2.75) is 13.0 Å². The summed E-state index contributed by atoms with van der Waals surface area (Å²) in [4.78, 5) is 0. The van der Waals surface area contributed by atoms with Gasteiger partial charge in [-0.25, -0.2) is 0 Å². The monoisotopic (exact) mass is 368 g/mol. The summed E-state index contributed by atoms with van der Waals surface area (Å²) in [5.41, 5.74) is 2.28. The van der Waals surface area contributed by atoms with Crippen LogP contribution in [0.25, 0.3) is 11.1 Å². The molecule has 0 aliphatic carbocycles. The first-order valence-corrected chi connectivity index (χ1v) is 8.08. The molecule has 136 valence electrons. The molecule has 0 N–H and O–H groups in total. The summed E-state index contributed by atoms with van der Waals surface area (Å²) in [6.45, 7) is 0.392. The Bertz CT molecular complexity index is 957. The molecule has 27 heavy (non-hydrogen) atoms. The minimum absolute atomic E-state index is 0.0348. The second-order valence-electron chi connectivity index (χ2n) is 5.71. The van der Waals surface area contributed by atoms with Crippen molar-refractivity contribution in [2.75, 3.05) is 0 Å². The second-order valence-corrected chi connectivity index (χ2v) is 5.71. The molecule has 0 radical (unpaired) electrons. The van der Waals surface area contributed by atoms with E-state index in [0.717, 1.165) is 5.56 Å². The van der Waals surface area contributed by atoms with E-state index in [0.29, 0.717) is 23.5 Å². The lowest BCUT2D eigenvalue weighted by atomic mass is 10.0. The van der Waals surface area contributed by atoms with Gasteiger partial charge in [0, 0.05) is 0 Å². The average Bonchev–Trinajstić information content (AvgIpc) is 2.66. The van der Waals surface area contributed by atoms with E-state index >= 15 is 0 Å². The molecule has 0 amide bonds. The zero-order chi connectivity index (χ0) is 19.3. The molecule has 3 rings (SSSR count). The van der Waals surface area contributed by atoms with Crippen molar-refractivity contribution in [2.24, 2.45) is 0 Å². The number of alkyl halides is 3. The lowest BCUT2D eigenvalue weighted by molar-refractivity contribution is -0.274. The Morgan fingerprint density at radius 2 is 1.59 bits per heavy atom. The Morgan fingerprint density at radius 3 is 2.30 bits per heavy atom. The SMILES string of the molecule is C#Cc1ccc(-c2cccc(OCc3ccccc3)c2)cc1OC(F)(F)F. The fourth-order valence-electron chi connectivity index (χ4n) is 2.54. The molecule has 3 aromatic rings. The molecule has 5 heteroatoms. The smallest absolute Gasteiger partial charge is 0.489 e. The maximum Gasteiger partial charge on any atom is 0.573 e. The number of halogens is 3. The summed E-state index contributed by atoms with van der Waals surface area (Å²) >= 11 is 0. The van der Waals surface area contributed by atoms with Crippen molar-refractivity contribution >= 4 is 0 Å². The largest absolute Gasteiger partial charge is 0.573 e. The molecule has 0 saturated carbocycles. The third-order valence-corrected chi connectivity index (χ3v) is 3.78.